The van der Waals surface area contributed by atoms with Crippen molar-refractivity contribution in [1.82, 2.24) is 15.1 Å². The molecule has 2 aromatic rings. The molecule has 5 rings (SSSR count). The molecule has 7 nitrogen and oxygen atoms in total. The van der Waals surface area contributed by atoms with Crippen LogP contribution < -0.4 is 5.32 Å². The average Bonchev–Trinajstić information content (AvgIpc) is 3.52. The Morgan fingerprint density at radius 3 is 2.17 bits per heavy atom. The van der Waals surface area contributed by atoms with Gasteiger partial charge in [0.05, 0.1) is 16.4 Å². The van der Waals surface area contributed by atoms with Gasteiger partial charge in [-0.1, -0.05) is 62.2 Å². The van der Waals surface area contributed by atoms with E-state index in [-0.39, 0.29) is 28.7 Å². The maximum atomic E-state index is 13.5. The van der Waals surface area contributed by atoms with Crippen molar-refractivity contribution in [3.8, 4) is 0 Å². The molecule has 8 heteroatoms. The van der Waals surface area contributed by atoms with E-state index in [0.29, 0.717) is 11.4 Å². The topological polar surface area (TPSA) is 86.8 Å². The van der Waals surface area contributed by atoms with Gasteiger partial charge in [0.15, 0.2) is 9.84 Å². The van der Waals surface area contributed by atoms with Crippen molar-refractivity contribution < 1.29 is 18.0 Å². The summed E-state index contributed by atoms with van der Waals surface area (Å²) in [6.45, 7) is 6.02. The van der Waals surface area contributed by atoms with Gasteiger partial charge in [0.2, 0.25) is 11.8 Å². The summed E-state index contributed by atoms with van der Waals surface area (Å²) >= 11 is 0. The number of amides is 2. The van der Waals surface area contributed by atoms with Gasteiger partial charge >= 0.3 is 0 Å². The van der Waals surface area contributed by atoms with E-state index in [9.17, 15) is 18.0 Å². The second kappa shape index (κ2) is 11.6. The van der Waals surface area contributed by atoms with Crippen LogP contribution in [0.2, 0.25) is 0 Å². The third kappa shape index (κ3) is 6.28. The summed E-state index contributed by atoms with van der Waals surface area (Å²) < 4.78 is 23.5. The molecular weight excluding hydrogens is 522 g/mol. The molecule has 40 heavy (non-hydrogen) atoms. The lowest BCUT2D eigenvalue weighted by Crippen LogP contribution is -2.45. The third-order valence-corrected chi connectivity index (χ3v) is 10.8. The van der Waals surface area contributed by atoms with Crippen LogP contribution in [0.15, 0.2) is 59.5 Å². The van der Waals surface area contributed by atoms with Crippen molar-refractivity contribution in [1.29, 1.82) is 0 Å². The molecule has 2 aliphatic heterocycles. The van der Waals surface area contributed by atoms with Gasteiger partial charge in [-0.05, 0) is 74.9 Å². The van der Waals surface area contributed by atoms with Crippen LogP contribution in [0.3, 0.4) is 0 Å². The van der Waals surface area contributed by atoms with Crippen molar-refractivity contribution >= 4 is 21.7 Å². The highest BCUT2D eigenvalue weighted by Gasteiger charge is 2.48. The number of hydrogen-bond donors (Lipinski definition) is 1. The predicted molar refractivity (Wildman–Crippen MR) is 156 cm³/mol. The molecule has 2 aromatic carbocycles. The lowest BCUT2D eigenvalue weighted by molar-refractivity contribution is -0.139. The van der Waals surface area contributed by atoms with Gasteiger partial charge < -0.3 is 15.1 Å². The highest BCUT2D eigenvalue weighted by molar-refractivity contribution is 7.90. The highest BCUT2D eigenvalue weighted by atomic mass is 32.2. The second-order valence-electron chi connectivity index (χ2n) is 12.5. The zero-order valence-corrected chi connectivity index (χ0v) is 24.7. The maximum absolute atomic E-state index is 13.5. The molecule has 1 saturated carbocycles. The molecule has 1 atom stereocenters. The van der Waals surface area contributed by atoms with Crippen molar-refractivity contribution in [3.05, 3.63) is 65.7 Å². The van der Waals surface area contributed by atoms with Crippen LogP contribution in [0.4, 0.5) is 0 Å². The number of carbonyl (C=O) groups excluding carboxylic acids is 2. The number of benzene rings is 2. The lowest BCUT2D eigenvalue weighted by Gasteiger charge is -2.38. The Labute approximate surface area is 239 Å². The molecule has 3 fully saturated rings. The molecule has 2 heterocycles. The maximum Gasteiger partial charge on any atom is 0.229 e. The molecule has 0 unspecified atom stereocenters. The number of nitrogens with zero attached hydrogens (tertiary/aromatic N) is 2. The summed E-state index contributed by atoms with van der Waals surface area (Å²) in [6.07, 6.45) is 8.83. The molecule has 1 N–H and O–H groups in total. The fourth-order valence-electron chi connectivity index (χ4n) is 6.81. The Morgan fingerprint density at radius 1 is 0.925 bits per heavy atom. The number of rotatable bonds is 9. The molecule has 1 spiro atoms. The van der Waals surface area contributed by atoms with E-state index in [1.165, 1.54) is 6.26 Å². The van der Waals surface area contributed by atoms with Gasteiger partial charge in [-0.25, -0.2) is 8.42 Å². The summed E-state index contributed by atoms with van der Waals surface area (Å²) in [5.74, 6) is 0.414. The summed E-state index contributed by atoms with van der Waals surface area (Å²) in [4.78, 5) is 31.4. The van der Waals surface area contributed by atoms with E-state index >= 15 is 0 Å². The van der Waals surface area contributed by atoms with E-state index in [1.54, 1.807) is 12.1 Å². The Morgan fingerprint density at radius 2 is 1.55 bits per heavy atom. The van der Waals surface area contributed by atoms with Crippen LogP contribution >= 0.6 is 0 Å². The minimum Gasteiger partial charge on any atom is -0.349 e. The van der Waals surface area contributed by atoms with Gasteiger partial charge in [0.25, 0.3) is 0 Å². The normalized spacial score (nSPS) is 21.6. The standard InChI is InChI=1S/C32H43N3O4S/c1-31(15-6-7-16-31)29(36)33-28(26-8-4-3-5-9-26)14-20-34-21-17-32(18-22-34)19-23-35(30(32)37)24-25-10-12-27(13-11-25)40(2,38)39/h3-5,8-13,28H,6-7,14-24H2,1-2H3,(H,33,36)/t28-/m0/s1. The molecule has 2 saturated heterocycles. The SMILES string of the molecule is CC1(C(=O)N[C@@H](CCN2CCC3(CC2)CCN(Cc2ccc(S(C)(=O)=O)cc2)C3=O)c2ccccc2)CCCC1. The van der Waals surface area contributed by atoms with Gasteiger partial charge in [-0.3, -0.25) is 9.59 Å². The minimum atomic E-state index is -3.23. The van der Waals surface area contributed by atoms with E-state index in [4.69, 9.17) is 0 Å². The van der Waals surface area contributed by atoms with Crippen LogP contribution in [0.1, 0.15) is 75.5 Å². The zero-order valence-electron chi connectivity index (χ0n) is 23.9. The van der Waals surface area contributed by atoms with Gasteiger partial charge in [-0.2, -0.15) is 0 Å². The van der Waals surface area contributed by atoms with E-state index in [1.807, 2.05) is 35.2 Å². The summed E-state index contributed by atoms with van der Waals surface area (Å²) in [7, 11) is -3.23. The molecule has 0 radical (unpaired) electrons. The van der Waals surface area contributed by atoms with Crippen LogP contribution in [0, 0.1) is 10.8 Å². The molecule has 1 aliphatic carbocycles. The molecule has 216 valence electrons. The first-order chi connectivity index (χ1) is 19.1. The molecular formula is C32H43N3O4S. The quantitative estimate of drug-likeness (QED) is 0.475. The Bertz CT molecular complexity index is 1300. The van der Waals surface area contributed by atoms with E-state index in [2.05, 4.69) is 29.3 Å². The lowest BCUT2D eigenvalue weighted by atomic mass is 9.77. The van der Waals surface area contributed by atoms with Crippen LogP contribution in [-0.4, -0.2) is 62.5 Å². The molecule has 0 aromatic heterocycles. The van der Waals surface area contributed by atoms with Crippen molar-refractivity contribution in [2.75, 3.05) is 32.4 Å². The summed E-state index contributed by atoms with van der Waals surface area (Å²) in [5.41, 5.74) is 1.57. The van der Waals surface area contributed by atoms with Gasteiger partial charge in [-0.15, -0.1) is 0 Å². The predicted octanol–water partition coefficient (Wildman–Crippen LogP) is 4.73. The van der Waals surface area contributed by atoms with Crippen molar-refractivity contribution in [3.63, 3.8) is 0 Å². The fourth-order valence-corrected chi connectivity index (χ4v) is 7.44. The molecule has 3 aliphatic rings. The van der Waals surface area contributed by atoms with Crippen molar-refractivity contribution in [2.45, 2.75) is 75.8 Å². The first-order valence-electron chi connectivity index (χ1n) is 14.7. The smallest absolute Gasteiger partial charge is 0.229 e. The van der Waals surface area contributed by atoms with Crippen molar-refractivity contribution in [2.24, 2.45) is 10.8 Å². The highest BCUT2D eigenvalue weighted by Crippen LogP contribution is 2.42. The van der Waals surface area contributed by atoms with Gasteiger partial charge in [0, 0.05) is 31.3 Å². The monoisotopic (exact) mass is 565 g/mol. The van der Waals surface area contributed by atoms with E-state index in [0.717, 1.165) is 88.7 Å². The number of likely N-dealkylation sites (tertiary alicyclic amines) is 2. The van der Waals surface area contributed by atoms with Gasteiger partial charge in [0.1, 0.15) is 0 Å². The summed E-state index contributed by atoms with van der Waals surface area (Å²) in [5, 5.41) is 3.39. The summed E-state index contributed by atoms with van der Waals surface area (Å²) in [6, 6.07) is 17.1. The molecule has 0 bridgehead atoms. The van der Waals surface area contributed by atoms with E-state index < -0.39 is 9.84 Å². The third-order valence-electron chi connectivity index (χ3n) is 9.64. The average molecular weight is 566 g/mol. The number of carbonyl (C=O) groups is 2. The number of hydrogen-bond acceptors (Lipinski definition) is 5. The second-order valence-corrected chi connectivity index (χ2v) is 14.5. The minimum absolute atomic E-state index is 0.0142. The molecule has 2 amide bonds. The first-order valence-corrected chi connectivity index (χ1v) is 16.6. The number of nitrogens with one attached hydrogen (secondary N) is 1. The number of piperidine rings is 1. The zero-order chi connectivity index (χ0) is 28.4. The van der Waals surface area contributed by atoms with Crippen LogP contribution in [0.25, 0.3) is 0 Å². The number of sulfone groups is 1. The first kappa shape index (κ1) is 28.8. The van der Waals surface area contributed by atoms with Crippen LogP contribution in [0.5, 0.6) is 0 Å². The fraction of sp³-hybridized carbons (Fsp3) is 0.562. The Balaban J connectivity index is 1.15. The Hall–Kier alpha value is -2.71. The Kier molecular flexibility index (Phi) is 8.39. The largest absolute Gasteiger partial charge is 0.349 e. The van der Waals surface area contributed by atoms with Crippen LogP contribution in [-0.2, 0) is 26.0 Å².